The number of pyridine rings is 1. The minimum Gasteiger partial charge on any atom is -0.459 e. The van der Waals surface area contributed by atoms with Gasteiger partial charge in [0, 0.05) is 35.5 Å². The topological polar surface area (TPSA) is 114 Å². The molecule has 0 aliphatic carbocycles. The average Bonchev–Trinajstić information content (AvgIpc) is 3.55. The van der Waals surface area contributed by atoms with Crippen LogP contribution in [0.3, 0.4) is 0 Å². The molecule has 1 saturated heterocycles. The van der Waals surface area contributed by atoms with E-state index in [1.165, 1.54) is 12.1 Å². The number of carbonyl (C=O) groups excluding carboxylic acids is 1. The summed E-state index contributed by atoms with van der Waals surface area (Å²) in [6.07, 6.45) is 1.72. The molecule has 1 aliphatic heterocycles. The summed E-state index contributed by atoms with van der Waals surface area (Å²) >= 11 is 12.3. The molecule has 2 atom stereocenters. The SMILES string of the molecule is CC(C)C(=O)Nc1ccc(N2C(=S)N[C@H](c3ccccn3)[C@H]2c2ccc(-c3ccc([N+](=O)[O-])cc3)o2)cc1Cl. The lowest BCUT2D eigenvalue weighted by Gasteiger charge is -2.26. The minimum absolute atomic E-state index is 0.00201. The summed E-state index contributed by atoms with van der Waals surface area (Å²) in [5.74, 6) is 0.843. The Hall–Kier alpha value is -4.28. The molecular weight excluding hydrogens is 538 g/mol. The number of benzene rings is 2. The number of nitrogens with zero attached hydrogens (tertiary/aromatic N) is 3. The molecule has 1 fully saturated rings. The molecule has 9 nitrogen and oxygen atoms in total. The molecule has 3 heterocycles. The van der Waals surface area contributed by atoms with Crippen molar-refractivity contribution in [1.29, 1.82) is 0 Å². The van der Waals surface area contributed by atoms with Gasteiger partial charge in [-0.05, 0) is 66.8 Å². The summed E-state index contributed by atoms with van der Waals surface area (Å²) in [7, 11) is 0. The first-order valence-corrected chi connectivity index (χ1v) is 13.0. The number of halogens is 1. The molecule has 0 radical (unpaired) electrons. The highest BCUT2D eigenvalue weighted by atomic mass is 35.5. The number of aromatic nitrogens is 1. The first-order chi connectivity index (χ1) is 18.7. The van der Waals surface area contributed by atoms with Crippen LogP contribution in [0.1, 0.15) is 37.4 Å². The molecule has 5 rings (SSSR count). The summed E-state index contributed by atoms with van der Waals surface area (Å²) in [5.41, 5.74) is 2.69. The van der Waals surface area contributed by atoms with Crippen LogP contribution in [0.15, 0.2) is 83.4 Å². The maximum atomic E-state index is 12.2. The standard InChI is InChI=1S/C28H24ClN5O4S/c1-16(2)27(35)31-21-11-10-19(15-20(21)29)33-26(25(32-28(33)39)22-5-3-4-14-30-22)24-13-12-23(38-24)17-6-8-18(9-7-17)34(36)37/h3-16,25-26H,1-2H3,(H,31,35)(H,32,39)/t25-,26-/m1/s1. The van der Waals surface area contributed by atoms with Crippen molar-refractivity contribution in [3.63, 3.8) is 0 Å². The largest absolute Gasteiger partial charge is 0.459 e. The van der Waals surface area contributed by atoms with Crippen molar-refractivity contribution in [3.8, 4) is 11.3 Å². The van der Waals surface area contributed by atoms with Crippen molar-refractivity contribution in [1.82, 2.24) is 10.3 Å². The second kappa shape index (κ2) is 10.8. The van der Waals surface area contributed by atoms with Crippen LogP contribution in [0.2, 0.25) is 5.02 Å². The maximum absolute atomic E-state index is 12.2. The van der Waals surface area contributed by atoms with E-state index in [-0.39, 0.29) is 23.6 Å². The fourth-order valence-corrected chi connectivity index (χ4v) is 4.94. The number of anilines is 2. The molecule has 0 unspecified atom stereocenters. The monoisotopic (exact) mass is 561 g/mol. The van der Waals surface area contributed by atoms with E-state index in [9.17, 15) is 14.9 Å². The predicted molar refractivity (Wildman–Crippen MR) is 154 cm³/mol. The Morgan fingerprint density at radius 3 is 2.56 bits per heavy atom. The molecule has 198 valence electrons. The number of non-ortho nitro benzene ring substituents is 1. The van der Waals surface area contributed by atoms with Gasteiger partial charge in [0.05, 0.1) is 27.4 Å². The molecule has 2 aromatic heterocycles. The highest BCUT2D eigenvalue weighted by Crippen LogP contribution is 2.44. The van der Waals surface area contributed by atoms with Gasteiger partial charge in [0.2, 0.25) is 5.91 Å². The number of nitro groups is 1. The van der Waals surface area contributed by atoms with Gasteiger partial charge in [-0.25, -0.2) is 0 Å². The second-order valence-electron chi connectivity index (χ2n) is 9.31. The fraction of sp³-hybridized carbons (Fsp3) is 0.179. The number of thiocarbonyl (C=S) groups is 1. The van der Waals surface area contributed by atoms with Crippen LogP contribution in [-0.2, 0) is 4.79 Å². The molecular formula is C28H24ClN5O4S. The third-order valence-corrected chi connectivity index (χ3v) is 7.02. The number of hydrogen-bond acceptors (Lipinski definition) is 6. The number of hydrogen-bond donors (Lipinski definition) is 2. The van der Waals surface area contributed by atoms with Gasteiger partial charge >= 0.3 is 0 Å². The predicted octanol–water partition coefficient (Wildman–Crippen LogP) is 6.67. The Labute approximate surface area is 235 Å². The van der Waals surface area contributed by atoms with Gasteiger partial charge < -0.3 is 20.0 Å². The summed E-state index contributed by atoms with van der Waals surface area (Å²) in [5, 5.41) is 18.1. The molecule has 4 aromatic rings. The van der Waals surface area contributed by atoms with Gasteiger partial charge in [0.1, 0.15) is 17.6 Å². The van der Waals surface area contributed by atoms with Gasteiger partial charge in [0.25, 0.3) is 5.69 Å². The third kappa shape index (κ3) is 5.34. The molecule has 2 N–H and O–H groups in total. The summed E-state index contributed by atoms with van der Waals surface area (Å²) in [6.45, 7) is 3.62. The van der Waals surface area contributed by atoms with Crippen LogP contribution in [0, 0.1) is 16.0 Å². The van der Waals surface area contributed by atoms with Crippen molar-refractivity contribution >= 4 is 51.9 Å². The smallest absolute Gasteiger partial charge is 0.269 e. The van der Waals surface area contributed by atoms with Crippen LogP contribution in [-0.4, -0.2) is 20.9 Å². The second-order valence-corrected chi connectivity index (χ2v) is 10.1. The molecule has 0 saturated carbocycles. The van der Waals surface area contributed by atoms with Gasteiger partial charge in [-0.2, -0.15) is 0 Å². The quantitative estimate of drug-likeness (QED) is 0.146. The lowest BCUT2D eigenvalue weighted by atomic mass is 10.0. The first kappa shape index (κ1) is 26.3. The number of nitro benzene ring substituents is 1. The number of amides is 1. The lowest BCUT2D eigenvalue weighted by molar-refractivity contribution is -0.384. The molecule has 1 aliphatic rings. The maximum Gasteiger partial charge on any atom is 0.269 e. The number of nitrogens with one attached hydrogen (secondary N) is 2. The Kier molecular flexibility index (Phi) is 7.32. The zero-order valence-electron chi connectivity index (χ0n) is 21.0. The molecule has 11 heteroatoms. The summed E-state index contributed by atoms with van der Waals surface area (Å²) in [4.78, 5) is 29.3. The van der Waals surface area contributed by atoms with Crippen molar-refractivity contribution < 1.29 is 14.1 Å². The average molecular weight is 562 g/mol. The van der Waals surface area contributed by atoms with Crippen molar-refractivity contribution in [3.05, 3.63) is 106 Å². The molecule has 0 bridgehead atoms. The Morgan fingerprint density at radius 1 is 1.15 bits per heavy atom. The Morgan fingerprint density at radius 2 is 1.92 bits per heavy atom. The Bertz CT molecular complexity index is 1540. The van der Waals surface area contributed by atoms with Crippen LogP contribution in [0.5, 0.6) is 0 Å². The first-order valence-electron chi connectivity index (χ1n) is 12.2. The van der Waals surface area contributed by atoms with E-state index >= 15 is 0 Å². The lowest BCUT2D eigenvalue weighted by Crippen LogP contribution is -2.29. The zero-order valence-corrected chi connectivity index (χ0v) is 22.6. The number of rotatable bonds is 7. The highest BCUT2D eigenvalue weighted by Gasteiger charge is 2.42. The Balaban J connectivity index is 1.53. The normalized spacial score (nSPS) is 16.8. The van der Waals surface area contributed by atoms with Crippen LogP contribution < -0.4 is 15.5 Å². The van der Waals surface area contributed by atoms with E-state index in [4.69, 9.17) is 28.2 Å². The van der Waals surface area contributed by atoms with E-state index in [1.54, 1.807) is 30.5 Å². The van der Waals surface area contributed by atoms with Gasteiger partial charge in [-0.15, -0.1) is 0 Å². The van der Waals surface area contributed by atoms with E-state index < -0.39 is 11.0 Å². The number of carbonyl (C=O) groups is 1. The third-order valence-electron chi connectivity index (χ3n) is 6.39. The van der Waals surface area contributed by atoms with Crippen molar-refractivity contribution in [2.24, 2.45) is 5.92 Å². The fourth-order valence-electron chi connectivity index (χ4n) is 4.37. The summed E-state index contributed by atoms with van der Waals surface area (Å²) < 4.78 is 6.31. The zero-order chi connectivity index (χ0) is 27.7. The highest BCUT2D eigenvalue weighted by molar-refractivity contribution is 7.80. The van der Waals surface area contributed by atoms with E-state index in [0.717, 1.165) is 5.69 Å². The van der Waals surface area contributed by atoms with Crippen LogP contribution >= 0.6 is 23.8 Å². The van der Waals surface area contributed by atoms with E-state index in [0.29, 0.717) is 38.6 Å². The molecule has 1 amide bonds. The number of furan rings is 1. The van der Waals surface area contributed by atoms with E-state index in [2.05, 4.69) is 15.6 Å². The van der Waals surface area contributed by atoms with Gasteiger partial charge in [-0.1, -0.05) is 31.5 Å². The molecule has 39 heavy (non-hydrogen) atoms. The molecule has 0 spiro atoms. The minimum atomic E-state index is -0.442. The van der Waals surface area contributed by atoms with Gasteiger partial charge in [0.15, 0.2) is 5.11 Å². The van der Waals surface area contributed by atoms with Crippen molar-refractivity contribution in [2.45, 2.75) is 25.9 Å². The van der Waals surface area contributed by atoms with Crippen LogP contribution in [0.25, 0.3) is 11.3 Å². The molecule has 2 aromatic carbocycles. The van der Waals surface area contributed by atoms with Crippen molar-refractivity contribution in [2.75, 3.05) is 10.2 Å². The van der Waals surface area contributed by atoms with Crippen LogP contribution in [0.4, 0.5) is 17.1 Å². The van der Waals surface area contributed by atoms with Gasteiger partial charge in [-0.3, -0.25) is 19.9 Å². The van der Waals surface area contributed by atoms with E-state index in [1.807, 2.05) is 55.1 Å². The summed E-state index contributed by atoms with van der Waals surface area (Å²) in [6, 6.07) is 20.1.